The molecule has 0 amide bonds. The molecule has 4 rings (SSSR count). The Morgan fingerprint density at radius 1 is 0.853 bits per heavy atom. The number of methoxy groups -OCH3 is 1. The molecule has 2 saturated heterocycles. The number of rotatable bonds is 7. The van der Waals surface area contributed by atoms with E-state index in [-0.39, 0.29) is 17.1 Å². The maximum Gasteiger partial charge on any atom is 0.336 e. The van der Waals surface area contributed by atoms with Gasteiger partial charge in [0.15, 0.2) is 17.8 Å². The SMILES string of the molecule is COc1cc2ccc(=O)oc2cc1OC1OC(COC2OC(CO)C(O)C2O)C(O)C(O)C1O. The molecule has 0 saturated carbocycles. The van der Waals surface area contributed by atoms with E-state index in [0.717, 1.165) is 0 Å². The van der Waals surface area contributed by atoms with Crippen molar-refractivity contribution in [1.29, 1.82) is 0 Å². The van der Waals surface area contributed by atoms with E-state index in [1.165, 1.54) is 31.4 Å². The molecule has 9 unspecified atom stereocenters. The van der Waals surface area contributed by atoms with Crippen LogP contribution in [0.5, 0.6) is 11.5 Å². The third-order valence-electron chi connectivity index (χ3n) is 5.74. The summed E-state index contributed by atoms with van der Waals surface area (Å²) in [5, 5.41) is 60.5. The van der Waals surface area contributed by atoms with Crippen LogP contribution in [-0.4, -0.2) is 106 Å². The molecule has 1 aromatic carbocycles. The lowest BCUT2D eigenvalue weighted by atomic mass is 9.99. The Bertz CT molecular complexity index is 1040. The number of ether oxygens (including phenoxy) is 5. The van der Waals surface area contributed by atoms with E-state index < -0.39 is 74.1 Å². The maximum atomic E-state index is 11.5. The Kier molecular flexibility index (Phi) is 7.37. The number of hydrogen-bond donors (Lipinski definition) is 6. The van der Waals surface area contributed by atoms with Gasteiger partial charge in [0.05, 0.1) is 20.3 Å². The van der Waals surface area contributed by atoms with Crippen molar-refractivity contribution in [2.75, 3.05) is 20.3 Å². The third-order valence-corrected chi connectivity index (χ3v) is 5.74. The van der Waals surface area contributed by atoms with Crippen LogP contribution in [0.25, 0.3) is 11.0 Å². The first-order valence-corrected chi connectivity index (χ1v) is 10.5. The summed E-state index contributed by atoms with van der Waals surface area (Å²) in [7, 11) is 1.38. The molecular formula is C21H26O13. The molecule has 0 aliphatic carbocycles. The predicted molar refractivity (Wildman–Crippen MR) is 110 cm³/mol. The first-order valence-electron chi connectivity index (χ1n) is 10.5. The Morgan fingerprint density at radius 3 is 2.21 bits per heavy atom. The van der Waals surface area contributed by atoms with Crippen molar-refractivity contribution in [3.8, 4) is 11.5 Å². The van der Waals surface area contributed by atoms with Gasteiger partial charge in [-0.25, -0.2) is 4.79 Å². The van der Waals surface area contributed by atoms with Crippen LogP contribution in [-0.2, 0) is 14.2 Å². The average Bonchev–Trinajstić information content (AvgIpc) is 3.11. The molecule has 188 valence electrons. The summed E-state index contributed by atoms with van der Waals surface area (Å²) in [5.74, 6) is 0.247. The molecule has 1 aromatic heterocycles. The highest BCUT2D eigenvalue weighted by Gasteiger charge is 2.47. The van der Waals surface area contributed by atoms with Gasteiger partial charge < -0.3 is 58.7 Å². The van der Waals surface area contributed by atoms with E-state index in [9.17, 15) is 30.3 Å². The molecule has 2 fully saturated rings. The molecule has 6 N–H and O–H groups in total. The fraction of sp³-hybridized carbons (Fsp3) is 0.571. The summed E-state index contributed by atoms with van der Waals surface area (Å²) < 4.78 is 32.3. The van der Waals surface area contributed by atoms with Crippen LogP contribution in [0.15, 0.2) is 33.5 Å². The summed E-state index contributed by atoms with van der Waals surface area (Å²) in [4.78, 5) is 11.5. The van der Waals surface area contributed by atoms with Crippen molar-refractivity contribution in [3.05, 3.63) is 34.7 Å². The first-order chi connectivity index (χ1) is 16.2. The van der Waals surface area contributed by atoms with Crippen LogP contribution >= 0.6 is 0 Å². The second kappa shape index (κ2) is 10.1. The van der Waals surface area contributed by atoms with E-state index in [2.05, 4.69) is 0 Å². The van der Waals surface area contributed by atoms with E-state index >= 15 is 0 Å². The zero-order chi connectivity index (χ0) is 24.6. The minimum absolute atomic E-state index is 0.0279. The molecule has 2 aromatic rings. The van der Waals surface area contributed by atoms with E-state index in [0.29, 0.717) is 5.39 Å². The molecule has 13 heteroatoms. The Morgan fingerprint density at radius 2 is 1.53 bits per heavy atom. The smallest absolute Gasteiger partial charge is 0.336 e. The zero-order valence-corrected chi connectivity index (χ0v) is 18.0. The molecule has 34 heavy (non-hydrogen) atoms. The second-order valence-electron chi connectivity index (χ2n) is 7.97. The van der Waals surface area contributed by atoms with Crippen molar-refractivity contribution in [2.45, 2.75) is 55.3 Å². The fourth-order valence-corrected chi connectivity index (χ4v) is 3.80. The highest BCUT2D eigenvalue weighted by Crippen LogP contribution is 2.35. The Balaban J connectivity index is 1.49. The molecule has 3 heterocycles. The first kappa shape index (κ1) is 24.8. The van der Waals surface area contributed by atoms with Crippen molar-refractivity contribution in [2.24, 2.45) is 0 Å². The van der Waals surface area contributed by atoms with Crippen molar-refractivity contribution in [3.63, 3.8) is 0 Å². The number of aliphatic hydroxyl groups excluding tert-OH is 6. The average molecular weight is 486 g/mol. The fourth-order valence-electron chi connectivity index (χ4n) is 3.80. The Hall–Kier alpha value is -2.33. The summed E-state index contributed by atoms with van der Waals surface area (Å²) in [6.45, 7) is -0.976. The summed E-state index contributed by atoms with van der Waals surface area (Å²) in [6, 6.07) is 5.67. The largest absolute Gasteiger partial charge is 0.493 e. The minimum Gasteiger partial charge on any atom is -0.493 e. The topological polar surface area (TPSA) is 198 Å². The van der Waals surface area contributed by atoms with Crippen LogP contribution in [0.2, 0.25) is 0 Å². The molecule has 0 radical (unpaired) electrons. The van der Waals surface area contributed by atoms with Gasteiger partial charge in [-0.15, -0.1) is 0 Å². The predicted octanol–water partition coefficient (Wildman–Crippen LogP) is -2.56. The standard InChI is InChI=1S/C21H26O13/c1-29-10-4-8-2-3-14(23)31-9(8)5-11(10)32-21-19(28)17(26)16(25)13(34-21)7-30-20-18(27)15(24)12(6-22)33-20/h2-5,12-13,15-22,24-28H,6-7H2,1H3. The molecular weight excluding hydrogens is 460 g/mol. The quantitative estimate of drug-likeness (QED) is 0.224. The number of aliphatic hydroxyl groups is 6. The lowest BCUT2D eigenvalue weighted by molar-refractivity contribution is -0.290. The summed E-state index contributed by atoms with van der Waals surface area (Å²) in [6.07, 6.45) is -12.9. The van der Waals surface area contributed by atoms with Crippen LogP contribution in [0.4, 0.5) is 0 Å². The summed E-state index contributed by atoms with van der Waals surface area (Å²) in [5.41, 5.74) is -0.406. The number of benzene rings is 1. The van der Waals surface area contributed by atoms with Crippen LogP contribution in [0.3, 0.4) is 0 Å². The van der Waals surface area contributed by atoms with E-state index in [4.69, 9.17) is 33.2 Å². The van der Waals surface area contributed by atoms with Crippen LogP contribution < -0.4 is 15.1 Å². The molecule has 2 aliphatic heterocycles. The van der Waals surface area contributed by atoms with Gasteiger partial charge in [0.1, 0.15) is 48.3 Å². The molecule has 9 atom stereocenters. The minimum atomic E-state index is -1.69. The van der Waals surface area contributed by atoms with Gasteiger partial charge in [0, 0.05) is 17.5 Å². The van der Waals surface area contributed by atoms with Gasteiger partial charge in [-0.1, -0.05) is 0 Å². The summed E-state index contributed by atoms with van der Waals surface area (Å²) >= 11 is 0. The molecule has 2 aliphatic rings. The van der Waals surface area contributed by atoms with Crippen LogP contribution in [0, 0.1) is 0 Å². The normalized spacial score (nSPS) is 36.0. The van der Waals surface area contributed by atoms with Gasteiger partial charge in [-0.3, -0.25) is 0 Å². The van der Waals surface area contributed by atoms with Gasteiger partial charge >= 0.3 is 5.63 Å². The molecule has 0 spiro atoms. The van der Waals surface area contributed by atoms with Crippen molar-refractivity contribution in [1.82, 2.24) is 0 Å². The van der Waals surface area contributed by atoms with Gasteiger partial charge in [0.2, 0.25) is 6.29 Å². The lowest BCUT2D eigenvalue weighted by Crippen LogP contribution is -2.60. The zero-order valence-electron chi connectivity index (χ0n) is 18.0. The third kappa shape index (κ3) is 4.75. The number of hydrogen-bond acceptors (Lipinski definition) is 13. The maximum absolute atomic E-state index is 11.5. The van der Waals surface area contributed by atoms with E-state index in [1.54, 1.807) is 0 Å². The highest BCUT2D eigenvalue weighted by molar-refractivity contribution is 5.80. The van der Waals surface area contributed by atoms with Gasteiger partial charge in [-0.2, -0.15) is 0 Å². The molecule has 0 bridgehead atoms. The highest BCUT2D eigenvalue weighted by atomic mass is 16.7. The van der Waals surface area contributed by atoms with Crippen LogP contribution in [0.1, 0.15) is 0 Å². The van der Waals surface area contributed by atoms with Gasteiger partial charge in [0.25, 0.3) is 0 Å². The lowest BCUT2D eigenvalue weighted by Gasteiger charge is -2.40. The van der Waals surface area contributed by atoms with E-state index in [1.807, 2.05) is 0 Å². The second-order valence-corrected chi connectivity index (χ2v) is 7.97. The van der Waals surface area contributed by atoms with Crippen molar-refractivity contribution >= 4 is 11.0 Å². The van der Waals surface area contributed by atoms with Crippen molar-refractivity contribution < 1.29 is 58.7 Å². The monoisotopic (exact) mass is 486 g/mol. The molecule has 13 nitrogen and oxygen atoms in total. The Labute approximate surface area is 192 Å². The van der Waals surface area contributed by atoms with Gasteiger partial charge in [-0.05, 0) is 12.1 Å². The number of fused-ring (bicyclic) bond motifs is 1.